The lowest BCUT2D eigenvalue weighted by atomic mass is 9.97. The Balaban J connectivity index is 1.34. The summed E-state index contributed by atoms with van der Waals surface area (Å²) < 4.78 is 11.6. The standard InChI is InChI=1S/C22H23BrN4O3/c1-29-19-10-8-18(9-11-19)24-22(28)16-3-2-12-27(13-16)14-20-25-21(26-30-20)15-4-6-17(23)7-5-15/h4-11,16H,2-3,12-14H2,1H3,(H,24,28). The zero-order chi connectivity index (χ0) is 20.9. The second-order valence-electron chi connectivity index (χ2n) is 7.31. The minimum atomic E-state index is -0.0743. The third kappa shape index (κ3) is 5.06. The lowest BCUT2D eigenvalue weighted by Crippen LogP contribution is -2.40. The molecular weight excluding hydrogens is 448 g/mol. The number of rotatable bonds is 6. The van der Waals surface area contributed by atoms with Crippen LogP contribution in [0.5, 0.6) is 5.75 Å². The van der Waals surface area contributed by atoms with Crippen molar-refractivity contribution in [1.82, 2.24) is 15.0 Å². The van der Waals surface area contributed by atoms with Crippen LogP contribution in [0.3, 0.4) is 0 Å². The van der Waals surface area contributed by atoms with Crippen LogP contribution in [-0.2, 0) is 11.3 Å². The van der Waals surface area contributed by atoms with E-state index in [1.54, 1.807) is 7.11 Å². The molecule has 4 rings (SSSR count). The van der Waals surface area contributed by atoms with Crippen LogP contribution in [0.25, 0.3) is 11.4 Å². The summed E-state index contributed by atoms with van der Waals surface area (Å²) >= 11 is 3.42. The number of benzene rings is 2. The first-order valence-corrected chi connectivity index (χ1v) is 10.7. The third-order valence-corrected chi connectivity index (χ3v) is 5.69. The molecule has 0 radical (unpaired) electrons. The fourth-order valence-electron chi connectivity index (χ4n) is 3.56. The SMILES string of the molecule is COc1ccc(NC(=O)C2CCCN(Cc3nc(-c4ccc(Br)cc4)no3)C2)cc1. The Morgan fingerprint density at radius 1 is 1.23 bits per heavy atom. The quantitative estimate of drug-likeness (QED) is 0.576. The van der Waals surface area contributed by atoms with E-state index in [4.69, 9.17) is 9.26 Å². The monoisotopic (exact) mass is 470 g/mol. The Labute approximate surface area is 183 Å². The maximum absolute atomic E-state index is 12.7. The minimum Gasteiger partial charge on any atom is -0.497 e. The summed E-state index contributed by atoms with van der Waals surface area (Å²) in [5.41, 5.74) is 1.68. The predicted octanol–water partition coefficient (Wildman–Crippen LogP) is 4.36. The number of amides is 1. The van der Waals surface area contributed by atoms with Crippen molar-refractivity contribution in [2.75, 3.05) is 25.5 Å². The molecule has 0 bridgehead atoms. The van der Waals surface area contributed by atoms with E-state index in [0.717, 1.165) is 40.9 Å². The topological polar surface area (TPSA) is 80.5 Å². The number of hydrogen-bond acceptors (Lipinski definition) is 6. The smallest absolute Gasteiger partial charge is 0.241 e. The molecule has 1 N–H and O–H groups in total. The minimum absolute atomic E-state index is 0.0333. The van der Waals surface area contributed by atoms with Gasteiger partial charge in [0.25, 0.3) is 0 Å². The molecule has 0 saturated carbocycles. The average molecular weight is 471 g/mol. The summed E-state index contributed by atoms with van der Waals surface area (Å²) in [6.07, 6.45) is 1.82. The summed E-state index contributed by atoms with van der Waals surface area (Å²) in [6.45, 7) is 2.11. The average Bonchev–Trinajstić information content (AvgIpc) is 3.23. The number of nitrogens with one attached hydrogen (secondary N) is 1. The lowest BCUT2D eigenvalue weighted by molar-refractivity contribution is -0.121. The van der Waals surface area contributed by atoms with Crippen molar-refractivity contribution < 1.29 is 14.1 Å². The van der Waals surface area contributed by atoms with Crippen molar-refractivity contribution in [3.63, 3.8) is 0 Å². The summed E-state index contributed by atoms with van der Waals surface area (Å²) in [4.78, 5) is 19.4. The number of piperidine rings is 1. The van der Waals surface area contributed by atoms with Gasteiger partial charge in [-0.3, -0.25) is 9.69 Å². The number of methoxy groups -OCH3 is 1. The van der Waals surface area contributed by atoms with Gasteiger partial charge in [-0.2, -0.15) is 4.98 Å². The van der Waals surface area contributed by atoms with Crippen molar-refractivity contribution in [2.45, 2.75) is 19.4 Å². The van der Waals surface area contributed by atoms with Crippen LogP contribution in [0.15, 0.2) is 57.5 Å². The van der Waals surface area contributed by atoms with Crippen LogP contribution in [0.1, 0.15) is 18.7 Å². The van der Waals surface area contributed by atoms with Gasteiger partial charge in [0.2, 0.25) is 17.6 Å². The van der Waals surface area contributed by atoms with Crippen molar-refractivity contribution in [1.29, 1.82) is 0 Å². The van der Waals surface area contributed by atoms with E-state index in [0.29, 0.717) is 24.8 Å². The molecule has 0 aliphatic carbocycles. The van der Waals surface area contributed by atoms with E-state index in [1.165, 1.54) is 0 Å². The van der Waals surface area contributed by atoms with Gasteiger partial charge in [-0.15, -0.1) is 0 Å². The van der Waals surface area contributed by atoms with Crippen molar-refractivity contribution in [3.8, 4) is 17.1 Å². The Morgan fingerprint density at radius 3 is 2.73 bits per heavy atom. The Morgan fingerprint density at radius 2 is 2.00 bits per heavy atom. The van der Waals surface area contributed by atoms with Gasteiger partial charge in [0.05, 0.1) is 19.6 Å². The third-order valence-electron chi connectivity index (χ3n) is 5.16. The molecule has 0 spiro atoms. The van der Waals surface area contributed by atoms with E-state index in [-0.39, 0.29) is 11.8 Å². The number of hydrogen-bond donors (Lipinski definition) is 1. The van der Waals surface area contributed by atoms with Gasteiger partial charge in [-0.25, -0.2) is 0 Å². The first-order chi connectivity index (χ1) is 14.6. The highest BCUT2D eigenvalue weighted by molar-refractivity contribution is 9.10. The fourth-order valence-corrected chi connectivity index (χ4v) is 3.82. The van der Waals surface area contributed by atoms with Crippen molar-refractivity contribution in [3.05, 3.63) is 58.9 Å². The zero-order valence-electron chi connectivity index (χ0n) is 16.7. The molecule has 1 aliphatic rings. The number of likely N-dealkylation sites (tertiary alicyclic amines) is 1. The van der Waals surface area contributed by atoms with Crippen LogP contribution in [-0.4, -0.2) is 41.1 Å². The van der Waals surface area contributed by atoms with Gasteiger partial charge >= 0.3 is 0 Å². The molecule has 1 aliphatic heterocycles. The van der Waals surface area contributed by atoms with Gasteiger partial charge in [-0.1, -0.05) is 21.1 Å². The number of carbonyl (C=O) groups excluding carboxylic acids is 1. The Hall–Kier alpha value is -2.71. The second kappa shape index (κ2) is 9.40. The molecule has 156 valence electrons. The van der Waals surface area contributed by atoms with E-state index in [2.05, 4.69) is 36.3 Å². The summed E-state index contributed by atoms with van der Waals surface area (Å²) in [6, 6.07) is 15.1. The molecule has 8 heteroatoms. The summed E-state index contributed by atoms with van der Waals surface area (Å²) in [5, 5.41) is 7.09. The largest absolute Gasteiger partial charge is 0.497 e. The fraction of sp³-hybridized carbons (Fsp3) is 0.318. The van der Waals surface area contributed by atoms with Crippen LogP contribution in [0.2, 0.25) is 0 Å². The molecule has 3 aromatic rings. The van der Waals surface area contributed by atoms with Crippen LogP contribution >= 0.6 is 15.9 Å². The van der Waals surface area contributed by atoms with Crippen LogP contribution in [0, 0.1) is 5.92 Å². The Bertz CT molecular complexity index is 988. The number of carbonyl (C=O) groups is 1. The highest BCUT2D eigenvalue weighted by atomic mass is 79.9. The molecular formula is C22H23BrN4O3. The van der Waals surface area contributed by atoms with Gasteiger partial charge in [0.1, 0.15) is 5.75 Å². The van der Waals surface area contributed by atoms with Crippen molar-refractivity contribution >= 4 is 27.5 Å². The maximum atomic E-state index is 12.7. The highest BCUT2D eigenvalue weighted by Crippen LogP contribution is 2.23. The molecule has 1 aromatic heterocycles. The number of anilines is 1. The summed E-state index contributed by atoms with van der Waals surface area (Å²) in [5.74, 6) is 1.85. The normalized spacial score (nSPS) is 16.9. The van der Waals surface area contributed by atoms with E-state index in [9.17, 15) is 4.79 Å². The molecule has 2 heterocycles. The molecule has 7 nitrogen and oxygen atoms in total. The van der Waals surface area contributed by atoms with Gasteiger partial charge < -0.3 is 14.6 Å². The first kappa shape index (κ1) is 20.6. The van der Waals surface area contributed by atoms with E-state index >= 15 is 0 Å². The molecule has 1 unspecified atom stereocenters. The van der Waals surface area contributed by atoms with Gasteiger partial charge in [0.15, 0.2) is 0 Å². The maximum Gasteiger partial charge on any atom is 0.241 e. The van der Waals surface area contributed by atoms with Crippen LogP contribution < -0.4 is 10.1 Å². The van der Waals surface area contributed by atoms with Crippen LogP contribution in [0.4, 0.5) is 5.69 Å². The van der Waals surface area contributed by atoms with E-state index < -0.39 is 0 Å². The number of ether oxygens (including phenoxy) is 1. The number of nitrogens with zero attached hydrogens (tertiary/aromatic N) is 3. The molecule has 2 aromatic carbocycles. The van der Waals surface area contributed by atoms with Gasteiger partial charge in [0, 0.05) is 22.3 Å². The number of aromatic nitrogens is 2. The molecule has 1 saturated heterocycles. The number of halogens is 1. The van der Waals surface area contributed by atoms with Gasteiger partial charge in [-0.05, 0) is 67.9 Å². The highest BCUT2D eigenvalue weighted by Gasteiger charge is 2.27. The zero-order valence-corrected chi connectivity index (χ0v) is 18.3. The first-order valence-electron chi connectivity index (χ1n) is 9.86. The van der Waals surface area contributed by atoms with E-state index in [1.807, 2.05) is 48.5 Å². The summed E-state index contributed by atoms with van der Waals surface area (Å²) in [7, 11) is 1.62. The van der Waals surface area contributed by atoms with Crippen molar-refractivity contribution in [2.24, 2.45) is 5.92 Å². The Kier molecular flexibility index (Phi) is 6.44. The molecule has 1 fully saturated rings. The molecule has 1 atom stereocenters. The second-order valence-corrected chi connectivity index (χ2v) is 8.23. The predicted molar refractivity (Wildman–Crippen MR) is 117 cm³/mol. The lowest BCUT2D eigenvalue weighted by Gasteiger charge is -2.30. The molecule has 1 amide bonds. The molecule has 30 heavy (non-hydrogen) atoms.